The highest BCUT2D eigenvalue weighted by molar-refractivity contribution is 7.19. The monoisotopic (exact) mass is 321 g/mol. The minimum absolute atomic E-state index is 0.197. The van der Waals surface area contributed by atoms with Crippen molar-refractivity contribution < 1.29 is 4.79 Å². The lowest BCUT2D eigenvalue weighted by Crippen LogP contribution is -2.11. The number of thiophene rings is 1. The van der Waals surface area contributed by atoms with Crippen LogP contribution in [-0.4, -0.2) is 15.3 Å². The second-order valence-corrected chi connectivity index (χ2v) is 6.31. The zero-order valence-electron chi connectivity index (χ0n) is 10.0. The van der Waals surface area contributed by atoms with Crippen LogP contribution in [0.15, 0.2) is 42.5 Å². The number of hydrogen-bond donors (Lipinski definition) is 1. The molecule has 100 valence electrons. The summed E-state index contributed by atoms with van der Waals surface area (Å²) in [6, 6.07) is 12.6. The summed E-state index contributed by atoms with van der Waals surface area (Å²) < 4.78 is 4.90. The zero-order valence-corrected chi connectivity index (χ0v) is 12.4. The molecule has 0 aliphatic rings. The SMILES string of the molecule is O=C(Nc1nc(-c2ccc(Cl)s2)ns1)c1ccccc1. The summed E-state index contributed by atoms with van der Waals surface area (Å²) >= 11 is 8.43. The van der Waals surface area contributed by atoms with Crippen molar-refractivity contribution in [2.75, 3.05) is 5.32 Å². The van der Waals surface area contributed by atoms with Crippen molar-refractivity contribution in [2.24, 2.45) is 0 Å². The Labute approximate surface area is 128 Å². The van der Waals surface area contributed by atoms with Gasteiger partial charge in [0, 0.05) is 17.1 Å². The van der Waals surface area contributed by atoms with Crippen LogP contribution in [-0.2, 0) is 0 Å². The van der Waals surface area contributed by atoms with E-state index in [1.54, 1.807) is 18.2 Å². The predicted octanol–water partition coefficient (Wildman–Crippen LogP) is 4.17. The molecule has 0 fully saturated rings. The second kappa shape index (κ2) is 5.70. The smallest absolute Gasteiger partial charge is 0.257 e. The average Bonchev–Trinajstić information content (AvgIpc) is 3.09. The molecule has 0 unspecified atom stereocenters. The van der Waals surface area contributed by atoms with Crippen LogP contribution >= 0.6 is 34.5 Å². The highest BCUT2D eigenvalue weighted by Crippen LogP contribution is 2.30. The van der Waals surface area contributed by atoms with E-state index in [9.17, 15) is 4.79 Å². The number of carbonyl (C=O) groups is 1. The Bertz CT molecular complexity index is 739. The van der Waals surface area contributed by atoms with Gasteiger partial charge >= 0.3 is 0 Å². The van der Waals surface area contributed by atoms with Crippen molar-refractivity contribution in [3.05, 3.63) is 52.4 Å². The lowest BCUT2D eigenvalue weighted by molar-refractivity contribution is 0.102. The summed E-state index contributed by atoms with van der Waals surface area (Å²) in [7, 11) is 0. The van der Waals surface area contributed by atoms with E-state index in [0.717, 1.165) is 16.4 Å². The maximum atomic E-state index is 12.0. The Kier molecular flexibility index (Phi) is 3.77. The third kappa shape index (κ3) is 2.87. The fourth-order valence-electron chi connectivity index (χ4n) is 1.57. The van der Waals surface area contributed by atoms with Crippen molar-refractivity contribution in [1.82, 2.24) is 9.36 Å². The summed E-state index contributed by atoms with van der Waals surface area (Å²) in [6.45, 7) is 0. The van der Waals surface area contributed by atoms with Gasteiger partial charge in [0.05, 0.1) is 9.21 Å². The predicted molar refractivity (Wildman–Crippen MR) is 82.6 cm³/mol. The van der Waals surface area contributed by atoms with Crippen molar-refractivity contribution in [3.63, 3.8) is 0 Å². The van der Waals surface area contributed by atoms with Gasteiger partial charge < -0.3 is 0 Å². The average molecular weight is 322 g/mol. The number of rotatable bonds is 3. The molecule has 2 aromatic heterocycles. The Morgan fingerprint density at radius 3 is 2.65 bits per heavy atom. The summed E-state index contributed by atoms with van der Waals surface area (Å²) in [5.41, 5.74) is 0.586. The first-order chi connectivity index (χ1) is 9.72. The molecule has 1 amide bonds. The van der Waals surface area contributed by atoms with E-state index in [1.807, 2.05) is 24.3 Å². The van der Waals surface area contributed by atoms with Gasteiger partial charge in [0.1, 0.15) is 0 Å². The fourth-order valence-corrected chi connectivity index (χ4v) is 3.18. The zero-order chi connectivity index (χ0) is 13.9. The fraction of sp³-hybridized carbons (Fsp3) is 0. The molecule has 3 rings (SSSR count). The number of nitrogens with zero attached hydrogens (tertiary/aromatic N) is 2. The van der Waals surface area contributed by atoms with Crippen LogP contribution in [0.2, 0.25) is 4.34 Å². The molecule has 1 N–H and O–H groups in total. The van der Waals surface area contributed by atoms with Gasteiger partial charge in [-0.25, -0.2) is 0 Å². The van der Waals surface area contributed by atoms with Crippen LogP contribution in [0, 0.1) is 0 Å². The first kappa shape index (κ1) is 13.2. The van der Waals surface area contributed by atoms with Crippen molar-refractivity contribution >= 4 is 45.5 Å². The van der Waals surface area contributed by atoms with Crippen LogP contribution in [0.5, 0.6) is 0 Å². The Hall–Kier alpha value is -1.76. The third-order valence-corrected chi connectivity index (χ3v) is 4.33. The first-order valence-electron chi connectivity index (χ1n) is 5.68. The number of amides is 1. The van der Waals surface area contributed by atoms with E-state index in [-0.39, 0.29) is 5.91 Å². The topological polar surface area (TPSA) is 54.9 Å². The third-order valence-electron chi connectivity index (χ3n) is 2.48. The van der Waals surface area contributed by atoms with E-state index in [1.165, 1.54) is 11.3 Å². The summed E-state index contributed by atoms with van der Waals surface area (Å²) in [5, 5.41) is 3.20. The number of benzene rings is 1. The minimum Gasteiger partial charge on any atom is -0.297 e. The Morgan fingerprint density at radius 2 is 1.95 bits per heavy atom. The standard InChI is InChI=1S/C13H8ClN3OS2/c14-10-7-6-9(19-10)11-15-13(20-17-11)16-12(18)8-4-2-1-3-5-8/h1-7H,(H,15,16,17,18). The molecule has 0 saturated heterocycles. The molecule has 7 heteroatoms. The van der Waals surface area contributed by atoms with E-state index in [2.05, 4.69) is 14.7 Å². The van der Waals surface area contributed by atoms with Crippen LogP contribution < -0.4 is 5.32 Å². The molecule has 0 spiro atoms. The number of nitrogens with one attached hydrogen (secondary N) is 1. The van der Waals surface area contributed by atoms with Crippen molar-refractivity contribution in [2.45, 2.75) is 0 Å². The van der Waals surface area contributed by atoms with Gasteiger partial charge in [-0.2, -0.15) is 9.36 Å². The Balaban J connectivity index is 1.76. The lowest BCUT2D eigenvalue weighted by Gasteiger charge is -1.99. The van der Waals surface area contributed by atoms with Crippen LogP contribution in [0.25, 0.3) is 10.7 Å². The lowest BCUT2D eigenvalue weighted by atomic mass is 10.2. The minimum atomic E-state index is -0.197. The maximum absolute atomic E-state index is 12.0. The molecule has 0 bridgehead atoms. The number of halogens is 1. The molecular weight excluding hydrogens is 314 g/mol. The molecule has 3 aromatic rings. The van der Waals surface area contributed by atoms with E-state index in [4.69, 9.17) is 11.6 Å². The molecule has 1 aromatic carbocycles. The molecule has 0 atom stereocenters. The number of carbonyl (C=O) groups excluding carboxylic acids is 1. The summed E-state index contributed by atoms with van der Waals surface area (Å²) in [5.74, 6) is 0.382. The van der Waals surface area contributed by atoms with Crippen molar-refractivity contribution in [1.29, 1.82) is 0 Å². The van der Waals surface area contributed by atoms with Gasteiger partial charge in [-0.1, -0.05) is 29.8 Å². The summed E-state index contributed by atoms with van der Waals surface area (Å²) in [6.07, 6.45) is 0. The van der Waals surface area contributed by atoms with Gasteiger partial charge in [-0.15, -0.1) is 11.3 Å². The van der Waals surface area contributed by atoms with Gasteiger partial charge in [0.2, 0.25) is 5.13 Å². The molecule has 0 aliphatic carbocycles. The highest BCUT2D eigenvalue weighted by atomic mass is 35.5. The summed E-state index contributed by atoms with van der Waals surface area (Å²) in [4.78, 5) is 17.1. The maximum Gasteiger partial charge on any atom is 0.257 e. The van der Waals surface area contributed by atoms with Gasteiger partial charge in [0.15, 0.2) is 5.82 Å². The highest BCUT2D eigenvalue weighted by Gasteiger charge is 2.12. The van der Waals surface area contributed by atoms with Crippen LogP contribution in [0.4, 0.5) is 5.13 Å². The van der Waals surface area contributed by atoms with Crippen LogP contribution in [0.3, 0.4) is 0 Å². The van der Waals surface area contributed by atoms with E-state index < -0.39 is 0 Å². The van der Waals surface area contributed by atoms with E-state index in [0.29, 0.717) is 20.9 Å². The Morgan fingerprint density at radius 1 is 1.15 bits per heavy atom. The molecule has 0 radical (unpaired) electrons. The largest absolute Gasteiger partial charge is 0.297 e. The molecular formula is C13H8ClN3OS2. The van der Waals surface area contributed by atoms with Gasteiger partial charge in [-0.05, 0) is 24.3 Å². The number of anilines is 1. The number of hydrogen-bond acceptors (Lipinski definition) is 5. The molecule has 0 saturated carbocycles. The van der Waals surface area contributed by atoms with Gasteiger partial charge in [0.25, 0.3) is 5.91 Å². The second-order valence-electron chi connectivity index (χ2n) is 3.85. The molecule has 2 heterocycles. The quantitative estimate of drug-likeness (QED) is 0.787. The van der Waals surface area contributed by atoms with Gasteiger partial charge in [-0.3, -0.25) is 10.1 Å². The van der Waals surface area contributed by atoms with Crippen molar-refractivity contribution in [3.8, 4) is 10.7 Å². The molecule has 4 nitrogen and oxygen atoms in total. The van der Waals surface area contributed by atoms with Crippen LogP contribution in [0.1, 0.15) is 10.4 Å². The van der Waals surface area contributed by atoms with E-state index >= 15 is 0 Å². The normalized spacial score (nSPS) is 10.4. The molecule has 0 aliphatic heterocycles. The number of aromatic nitrogens is 2. The molecule has 20 heavy (non-hydrogen) atoms. The first-order valence-corrected chi connectivity index (χ1v) is 7.65.